The minimum atomic E-state index is -0.264. The zero-order valence-corrected chi connectivity index (χ0v) is 18.4. The van der Waals surface area contributed by atoms with Gasteiger partial charge in [0.15, 0.2) is 5.65 Å². The average molecular weight is 438 g/mol. The van der Waals surface area contributed by atoms with Gasteiger partial charge in [0.25, 0.3) is 0 Å². The number of carbonyl (C=O) groups excluding carboxylic acids is 1. The van der Waals surface area contributed by atoms with E-state index >= 15 is 0 Å². The van der Waals surface area contributed by atoms with Crippen LogP contribution in [0.5, 0.6) is 5.75 Å². The lowest BCUT2D eigenvalue weighted by molar-refractivity contribution is -0.133. The summed E-state index contributed by atoms with van der Waals surface area (Å²) in [5.74, 6) is 0.985. The standard InChI is InChI=1S/C24H31N5O3/c30-22(29-12-8-18(9-13-29)28-10-2-1-3-11-28)5-4-14-32-19-6-7-20-17(15-19)16-21-23(25-20)27-24(31)26-21/h6-7,15-16,18H,1-5,8-14H2,(H2,25,26,27,31). The number of amides is 1. The van der Waals surface area contributed by atoms with E-state index in [9.17, 15) is 9.59 Å². The second-order valence-corrected chi connectivity index (χ2v) is 8.98. The summed E-state index contributed by atoms with van der Waals surface area (Å²) in [6, 6.07) is 8.22. The number of imidazole rings is 1. The molecule has 32 heavy (non-hydrogen) atoms. The van der Waals surface area contributed by atoms with Crippen molar-refractivity contribution in [3.05, 3.63) is 34.7 Å². The molecule has 0 atom stereocenters. The lowest BCUT2D eigenvalue weighted by atomic mass is 9.99. The second kappa shape index (κ2) is 9.32. The minimum Gasteiger partial charge on any atom is -0.494 e. The van der Waals surface area contributed by atoms with Crippen LogP contribution in [0.25, 0.3) is 22.1 Å². The highest BCUT2D eigenvalue weighted by Crippen LogP contribution is 2.23. The summed E-state index contributed by atoms with van der Waals surface area (Å²) in [6.45, 7) is 4.73. The number of benzene rings is 1. The maximum absolute atomic E-state index is 12.6. The Kier molecular flexibility index (Phi) is 6.12. The molecule has 0 aliphatic carbocycles. The molecule has 0 bridgehead atoms. The summed E-state index contributed by atoms with van der Waals surface area (Å²) in [5.41, 5.74) is 1.76. The molecule has 2 aliphatic heterocycles. The normalized spacial score (nSPS) is 18.4. The topological polar surface area (TPSA) is 94.3 Å². The molecule has 0 saturated carbocycles. The maximum atomic E-state index is 12.6. The number of likely N-dealkylation sites (tertiary alicyclic amines) is 2. The van der Waals surface area contributed by atoms with Crippen LogP contribution in [0, 0.1) is 0 Å². The Morgan fingerprint density at radius 3 is 2.69 bits per heavy atom. The SMILES string of the molecule is O=C(CCCOc1ccc2nc3[nH]c(=O)[nH]c3cc2c1)N1CCC(N2CCCCC2)CC1. The maximum Gasteiger partial charge on any atom is 0.325 e. The van der Waals surface area contributed by atoms with Gasteiger partial charge in [0, 0.05) is 30.9 Å². The molecule has 170 valence electrons. The lowest BCUT2D eigenvalue weighted by Crippen LogP contribution is -2.48. The number of piperidine rings is 2. The summed E-state index contributed by atoms with van der Waals surface area (Å²) >= 11 is 0. The summed E-state index contributed by atoms with van der Waals surface area (Å²) in [7, 11) is 0. The second-order valence-electron chi connectivity index (χ2n) is 8.98. The number of aromatic amines is 2. The van der Waals surface area contributed by atoms with Crippen LogP contribution >= 0.6 is 0 Å². The fourth-order valence-corrected chi connectivity index (χ4v) is 5.03. The smallest absolute Gasteiger partial charge is 0.325 e. The van der Waals surface area contributed by atoms with Crippen molar-refractivity contribution in [3.8, 4) is 5.75 Å². The van der Waals surface area contributed by atoms with Gasteiger partial charge in [-0.15, -0.1) is 0 Å². The van der Waals surface area contributed by atoms with Crippen molar-refractivity contribution in [1.29, 1.82) is 0 Å². The van der Waals surface area contributed by atoms with Crippen molar-refractivity contribution in [1.82, 2.24) is 24.8 Å². The number of hydrogen-bond donors (Lipinski definition) is 2. The third-order valence-corrected chi connectivity index (χ3v) is 6.79. The Bertz CT molecular complexity index is 1140. The van der Waals surface area contributed by atoms with Crippen molar-refractivity contribution >= 4 is 28.0 Å². The number of aromatic nitrogens is 3. The van der Waals surface area contributed by atoms with Gasteiger partial charge in [-0.3, -0.25) is 9.78 Å². The van der Waals surface area contributed by atoms with E-state index in [4.69, 9.17) is 4.74 Å². The number of nitrogens with zero attached hydrogens (tertiary/aromatic N) is 3. The first-order valence-electron chi connectivity index (χ1n) is 11.8. The summed E-state index contributed by atoms with van der Waals surface area (Å²) in [4.78, 5) is 38.6. The van der Waals surface area contributed by atoms with Crippen molar-refractivity contribution in [2.75, 3.05) is 32.8 Å². The van der Waals surface area contributed by atoms with Crippen LogP contribution in [-0.2, 0) is 4.79 Å². The largest absolute Gasteiger partial charge is 0.494 e. The number of carbonyl (C=O) groups is 1. The molecule has 1 aromatic carbocycles. The predicted octanol–water partition coefficient (Wildman–Crippen LogP) is 3.04. The molecular weight excluding hydrogens is 406 g/mol. The van der Waals surface area contributed by atoms with Gasteiger partial charge in [0.05, 0.1) is 17.6 Å². The van der Waals surface area contributed by atoms with Gasteiger partial charge in [-0.05, 0) is 69.5 Å². The number of hydrogen-bond acceptors (Lipinski definition) is 5. The zero-order valence-electron chi connectivity index (χ0n) is 18.4. The highest BCUT2D eigenvalue weighted by atomic mass is 16.5. The van der Waals surface area contributed by atoms with Gasteiger partial charge in [0.1, 0.15) is 5.75 Å². The molecule has 0 radical (unpaired) electrons. The lowest BCUT2D eigenvalue weighted by Gasteiger charge is -2.40. The molecule has 2 saturated heterocycles. The van der Waals surface area contributed by atoms with E-state index in [0.29, 0.717) is 36.7 Å². The molecule has 2 fully saturated rings. The Balaban J connectivity index is 1.08. The van der Waals surface area contributed by atoms with Crippen LogP contribution in [-0.4, -0.2) is 69.5 Å². The van der Waals surface area contributed by atoms with Crippen molar-refractivity contribution < 1.29 is 9.53 Å². The first-order valence-corrected chi connectivity index (χ1v) is 11.8. The van der Waals surface area contributed by atoms with Crippen molar-refractivity contribution in [2.24, 2.45) is 0 Å². The fourth-order valence-electron chi connectivity index (χ4n) is 5.03. The van der Waals surface area contributed by atoms with Gasteiger partial charge in [0.2, 0.25) is 5.91 Å². The van der Waals surface area contributed by atoms with Gasteiger partial charge in [-0.2, -0.15) is 0 Å². The van der Waals surface area contributed by atoms with Crippen molar-refractivity contribution in [3.63, 3.8) is 0 Å². The number of rotatable bonds is 6. The van der Waals surface area contributed by atoms with Crippen LogP contribution in [0.2, 0.25) is 0 Å². The monoisotopic (exact) mass is 437 g/mol. The molecule has 0 spiro atoms. The Labute approximate surface area is 186 Å². The van der Waals surface area contributed by atoms with E-state index in [0.717, 1.165) is 42.6 Å². The molecule has 8 heteroatoms. The van der Waals surface area contributed by atoms with E-state index in [1.165, 1.54) is 32.4 Å². The molecule has 2 aliphatic rings. The number of pyridine rings is 1. The molecule has 8 nitrogen and oxygen atoms in total. The van der Waals surface area contributed by atoms with E-state index in [1.54, 1.807) is 0 Å². The summed E-state index contributed by atoms with van der Waals surface area (Å²) in [5, 5.41) is 0.901. The number of fused-ring (bicyclic) bond motifs is 2. The van der Waals surface area contributed by atoms with E-state index in [1.807, 2.05) is 29.2 Å². The van der Waals surface area contributed by atoms with Crippen molar-refractivity contribution in [2.45, 2.75) is 51.0 Å². The Morgan fingerprint density at radius 2 is 1.88 bits per heavy atom. The third-order valence-electron chi connectivity index (χ3n) is 6.79. The van der Waals surface area contributed by atoms with E-state index in [-0.39, 0.29) is 11.6 Å². The predicted molar refractivity (Wildman–Crippen MR) is 124 cm³/mol. The Hall–Kier alpha value is -2.87. The van der Waals surface area contributed by atoms with E-state index in [2.05, 4.69) is 19.9 Å². The molecule has 1 amide bonds. The van der Waals surface area contributed by atoms with Gasteiger partial charge in [-0.1, -0.05) is 6.42 Å². The number of nitrogens with one attached hydrogen (secondary N) is 2. The summed E-state index contributed by atoms with van der Waals surface area (Å²) < 4.78 is 5.88. The quantitative estimate of drug-likeness (QED) is 0.578. The third kappa shape index (κ3) is 4.65. The fraction of sp³-hybridized carbons (Fsp3) is 0.542. The van der Waals surface area contributed by atoms with Crippen LogP contribution in [0.4, 0.5) is 0 Å². The highest BCUT2D eigenvalue weighted by Gasteiger charge is 2.27. The summed E-state index contributed by atoms with van der Waals surface area (Å²) in [6.07, 6.45) is 7.44. The van der Waals surface area contributed by atoms with Crippen LogP contribution in [0.1, 0.15) is 44.9 Å². The van der Waals surface area contributed by atoms with Crippen LogP contribution < -0.4 is 10.4 Å². The molecule has 0 unspecified atom stereocenters. The zero-order chi connectivity index (χ0) is 21.9. The first-order chi connectivity index (χ1) is 15.7. The van der Waals surface area contributed by atoms with Crippen LogP contribution in [0.3, 0.4) is 0 Å². The Morgan fingerprint density at radius 1 is 1.06 bits per heavy atom. The molecule has 2 aromatic heterocycles. The molecule has 3 aromatic rings. The van der Waals surface area contributed by atoms with Gasteiger partial charge >= 0.3 is 5.69 Å². The number of ether oxygens (including phenoxy) is 1. The molecule has 5 rings (SSSR count). The molecular formula is C24H31N5O3. The minimum absolute atomic E-state index is 0.243. The van der Waals surface area contributed by atoms with Crippen LogP contribution in [0.15, 0.2) is 29.1 Å². The average Bonchev–Trinajstić information content (AvgIpc) is 3.19. The number of H-pyrrole nitrogens is 2. The highest BCUT2D eigenvalue weighted by molar-refractivity contribution is 5.90. The first kappa shape index (κ1) is 21.0. The van der Waals surface area contributed by atoms with Gasteiger partial charge in [-0.25, -0.2) is 9.78 Å². The molecule has 2 N–H and O–H groups in total. The van der Waals surface area contributed by atoms with Gasteiger partial charge < -0.3 is 19.5 Å². The molecule has 4 heterocycles. The van der Waals surface area contributed by atoms with E-state index < -0.39 is 0 Å².